The van der Waals surface area contributed by atoms with Gasteiger partial charge in [0.05, 0.1) is 24.2 Å². The molecule has 2 aromatic rings. The van der Waals surface area contributed by atoms with Gasteiger partial charge in [-0.05, 0) is 44.2 Å². The lowest BCUT2D eigenvalue weighted by molar-refractivity contribution is 0.0553. The van der Waals surface area contributed by atoms with Crippen molar-refractivity contribution in [3.05, 3.63) is 47.0 Å². The fourth-order valence-corrected chi connectivity index (χ4v) is 4.05. The van der Waals surface area contributed by atoms with Crippen molar-refractivity contribution in [3.8, 4) is 28.7 Å². The number of carbonyl (C=O) groups excluding carboxylic acids is 1. The minimum Gasteiger partial charge on any atom is -0.504 e. The topological polar surface area (TPSA) is 74.2 Å². The Morgan fingerprint density at radius 2 is 2.04 bits per heavy atom. The van der Waals surface area contributed by atoms with Crippen molar-refractivity contribution < 1.29 is 28.8 Å². The summed E-state index contributed by atoms with van der Waals surface area (Å²) in [6, 6.07) is 6.70. The number of hydrogen-bond acceptors (Lipinski definition) is 6. The van der Waals surface area contributed by atoms with Gasteiger partial charge in [0.15, 0.2) is 17.3 Å². The van der Waals surface area contributed by atoms with Crippen LogP contribution in [0.15, 0.2) is 30.3 Å². The molecule has 2 atom stereocenters. The minimum absolute atomic E-state index is 0.0342. The highest BCUT2D eigenvalue weighted by Gasteiger charge is 2.44. The normalized spacial score (nSPS) is 23.2. The molecule has 28 heavy (non-hydrogen) atoms. The molecule has 2 unspecified atom stereocenters. The highest BCUT2D eigenvalue weighted by atomic mass is 16.5. The molecular weight excluding hydrogens is 360 g/mol. The van der Waals surface area contributed by atoms with Gasteiger partial charge in [-0.25, -0.2) is 0 Å². The van der Waals surface area contributed by atoms with E-state index in [-0.39, 0.29) is 18.1 Å². The summed E-state index contributed by atoms with van der Waals surface area (Å²) in [7, 11) is 1.47. The van der Waals surface area contributed by atoms with Crippen molar-refractivity contribution in [1.29, 1.82) is 0 Å². The standard InChI is InChI=1S/C22H20O6/c1-22(2)7-6-11-15(28-22)5-4-12-20(24)19-13-8-14(23)17(25-3)9-16(13)26-10-18(19)27-21(11)12/h4-9,18-19,23H,10H2,1-3H3. The Labute approximate surface area is 162 Å². The van der Waals surface area contributed by atoms with Crippen molar-refractivity contribution in [2.45, 2.75) is 31.5 Å². The van der Waals surface area contributed by atoms with Crippen molar-refractivity contribution in [2.75, 3.05) is 13.7 Å². The lowest BCUT2D eigenvalue weighted by atomic mass is 9.81. The summed E-state index contributed by atoms with van der Waals surface area (Å²) in [6.07, 6.45) is 3.42. The average Bonchev–Trinajstić information content (AvgIpc) is 2.66. The summed E-state index contributed by atoms with van der Waals surface area (Å²) in [5.74, 6) is 1.42. The Hall–Kier alpha value is -3.15. The van der Waals surface area contributed by atoms with Gasteiger partial charge in [0, 0.05) is 11.6 Å². The number of hydrogen-bond donors (Lipinski definition) is 1. The molecule has 3 aliphatic heterocycles. The van der Waals surface area contributed by atoms with E-state index in [0.717, 1.165) is 5.56 Å². The van der Waals surface area contributed by atoms with Crippen molar-refractivity contribution in [1.82, 2.24) is 0 Å². The smallest absolute Gasteiger partial charge is 0.178 e. The Balaban J connectivity index is 1.61. The molecule has 5 rings (SSSR count). The summed E-state index contributed by atoms with van der Waals surface area (Å²) < 4.78 is 23.2. The fraction of sp³-hybridized carbons (Fsp3) is 0.318. The molecule has 0 amide bonds. The molecule has 3 heterocycles. The second-order valence-corrected chi connectivity index (χ2v) is 7.76. The molecular formula is C22H20O6. The van der Waals surface area contributed by atoms with Gasteiger partial charge >= 0.3 is 0 Å². The number of fused-ring (bicyclic) bond motifs is 6. The molecule has 1 N–H and O–H groups in total. The molecule has 0 spiro atoms. The van der Waals surface area contributed by atoms with Crippen LogP contribution in [0, 0.1) is 0 Å². The van der Waals surface area contributed by atoms with Crippen LogP contribution in [0.5, 0.6) is 28.7 Å². The molecule has 3 aliphatic rings. The lowest BCUT2D eigenvalue weighted by Gasteiger charge is -2.38. The zero-order valence-electron chi connectivity index (χ0n) is 15.8. The SMILES string of the molecule is COc1cc2c(cc1O)C1C(=O)c3ccc4c(c3OC1CO2)C=CC(C)(C)O4. The zero-order chi connectivity index (χ0) is 19.6. The summed E-state index contributed by atoms with van der Waals surface area (Å²) in [5, 5.41) is 10.2. The number of aromatic hydroxyl groups is 1. The Morgan fingerprint density at radius 3 is 2.82 bits per heavy atom. The number of rotatable bonds is 1. The van der Waals surface area contributed by atoms with E-state index >= 15 is 0 Å². The molecule has 0 aliphatic carbocycles. The van der Waals surface area contributed by atoms with Crippen molar-refractivity contribution in [2.24, 2.45) is 0 Å². The molecule has 6 heteroatoms. The first-order chi connectivity index (χ1) is 13.4. The van der Waals surface area contributed by atoms with Crippen LogP contribution < -0.4 is 18.9 Å². The summed E-state index contributed by atoms with van der Waals surface area (Å²) >= 11 is 0. The largest absolute Gasteiger partial charge is 0.504 e. The zero-order valence-corrected chi connectivity index (χ0v) is 15.8. The predicted octanol–water partition coefficient (Wildman–Crippen LogP) is 3.70. The van der Waals surface area contributed by atoms with E-state index in [4.69, 9.17) is 18.9 Å². The minimum atomic E-state index is -0.545. The number of ketones is 1. The van der Waals surface area contributed by atoms with Gasteiger partial charge in [-0.1, -0.05) is 0 Å². The molecule has 2 aromatic carbocycles. The van der Waals surface area contributed by atoms with Gasteiger partial charge in [0.2, 0.25) is 0 Å². The number of phenolic OH excluding ortho intramolecular Hbond substituents is 1. The monoisotopic (exact) mass is 380 g/mol. The highest BCUT2D eigenvalue weighted by Crippen LogP contribution is 2.49. The second-order valence-electron chi connectivity index (χ2n) is 7.76. The van der Waals surface area contributed by atoms with Gasteiger partial charge in [0.25, 0.3) is 0 Å². The second kappa shape index (κ2) is 5.67. The van der Waals surface area contributed by atoms with E-state index in [0.29, 0.717) is 34.1 Å². The number of methoxy groups -OCH3 is 1. The van der Waals surface area contributed by atoms with Gasteiger partial charge < -0.3 is 24.1 Å². The lowest BCUT2D eigenvalue weighted by Crippen LogP contribution is -2.43. The Bertz CT molecular complexity index is 1040. The van der Waals surface area contributed by atoms with Crippen LogP contribution in [0.4, 0.5) is 0 Å². The van der Waals surface area contributed by atoms with E-state index in [1.54, 1.807) is 12.1 Å². The summed E-state index contributed by atoms with van der Waals surface area (Å²) in [4.78, 5) is 13.4. The quantitative estimate of drug-likeness (QED) is 0.813. The van der Waals surface area contributed by atoms with Gasteiger partial charge in [-0.3, -0.25) is 4.79 Å². The molecule has 6 nitrogen and oxygen atoms in total. The fourth-order valence-electron chi connectivity index (χ4n) is 4.05. The molecule has 0 fully saturated rings. The van der Waals surface area contributed by atoms with Crippen LogP contribution in [0.2, 0.25) is 0 Å². The first-order valence-corrected chi connectivity index (χ1v) is 9.18. The molecule has 0 bridgehead atoms. The van der Waals surface area contributed by atoms with Crippen LogP contribution >= 0.6 is 0 Å². The van der Waals surface area contributed by atoms with Crippen LogP contribution in [0.25, 0.3) is 6.08 Å². The van der Waals surface area contributed by atoms with Crippen LogP contribution in [0.1, 0.15) is 41.3 Å². The summed E-state index contributed by atoms with van der Waals surface area (Å²) in [5.41, 5.74) is 1.48. The third-order valence-corrected chi connectivity index (χ3v) is 5.42. The van der Waals surface area contributed by atoms with Crippen LogP contribution in [-0.4, -0.2) is 36.3 Å². The van der Waals surface area contributed by atoms with E-state index < -0.39 is 17.6 Å². The average molecular weight is 380 g/mol. The van der Waals surface area contributed by atoms with Crippen LogP contribution in [-0.2, 0) is 0 Å². The molecule has 0 radical (unpaired) electrons. The van der Waals surface area contributed by atoms with E-state index in [1.165, 1.54) is 13.2 Å². The first-order valence-electron chi connectivity index (χ1n) is 9.18. The van der Waals surface area contributed by atoms with Gasteiger partial charge in [-0.2, -0.15) is 0 Å². The van der Waals surface area contributed by atoms with E-state index in [9.17, 15) is 9.90 Å². The number of benzene rings is 2. The first kappa shape index (κ1) is 17.0. The van der Waals surface area contributed by atoms with Gasteiger partial charge in [0.1, 0.15) is 35.6 Å². The number of phenols is 1. The molecule has 144 valence electrons. The maximum Gasteiger partial charge on any atom is 0.178 e. The molecule has 0 saturated carbocycles. The molecule has 0 saturated heterocycles. The van der Waals surface area contributed by atoms with Gasteiger partial charge in [-0.15, -0.1) is 0 Å². The van der Waals surface area contributed by atoms with E-state index in [2.05, 4.69) is 0 Å². The van der Waals surface area contributed by atoms with Crippen LogP contribution in [0.3, 0.4) is 0 Å². The van der Waals surface area contributed by atoms with Crippen molar-refractivity contribution >= 4 is 11.9 Å². The van der Waals surface area contributed by atoms with Crippen molar-refractivity contribution in [3.63, 3.8) is 0 Å². The number of Topliss-reactive ketones (excluding diaryl/α,β-unsaturated/α-hetero) is 1. The third-order valence-electron chi connectivity index (χ3n) is 5.42. The Morgan fingerprint density at radius 1 is 1.21 bits per heavy atom. The maximum absolute atomic E-state index is 13.4. The molecule has 0 aromatic heterocycles. The Kier molecular flexibility index (Phi) is 3.44. The number of ether oxygens (including phenoxy) is 4. The third kappa shape index (κ3) is 2.37. The summed E-state index contributed by atoms with van der Waals surface area (Å²) in [6.45, 7) is 4.18. The van der Waals surface area contributed by atoms with E-state index in [1.807, 2.05) is 32.1 Å². The highest BCUT2D eigenvalue weighted by molar-refractivity contribution is 6.06. The predicted molar refractivity (Wildman–Crippen MR) is 102 cm³/mol. The maximum atomic E-state index is 13.4. The number of carbonyl (C=O) groups is 1.